The van der Waals surface area contributed by atoms with Crippen molar-refractivity contribution in [3.63, 3.8) is 0 Å². The van der Waals surface area contributed by atoms with Crippen molar-refractivity contribution in [2.45, 2.75) is 25.3 Å². The van der Waals surface area contributed by atoms with Gasteiger partial charge in [-0.25, -0.2) is 0 Å². The molecular weight excluding hydrogens is 336 g/mol. The number of thiophene rings is 1. The van der Waals surface area contributed by atoms with Gasteiger partial charge >= 0.3 is 0 Å². The van der Waals surface area contributed by atoms with Gasteiger partial charge in [0.05, 0.1) is 18.5 Å². The fraction of sp³-hybridized carbons (Fsp3) is 0.368. The fourth-order valence-electron chi connectivity index (χ4n) is 3.25. The first-order valence-corrected chi connectivity index (χ1v) is 9.30. The summed E-state index contributed by atoms with van der Waals surface area (Å²) in [5.74, 6) is 0.638. The Morgan fingerprint density at radius 1 is 1.28 bits per heavy atom. The Morgan fingerprint density at radius 2 is 2.12 bits per heavy atom. The van der Waals surface area contributed by atoms with Gasteiger partial charge in [0.1, 0.15) is 5.75 Å². The van der Waals surface area contributed by atoms with Crippen molar-refractivity contribution in [2.24, 2.45) is 0 Å². The molecule has 25 heavy (non-hydrogen) atoms. The highest BCUT2D eigenvalue weighted by molar-refractivity contribution is 7.12. The number of ether oxygens (including phenoxy) is 1. The summed E-state index contributed by atoms with van der Waals surface area (Å²) in [6.45, 7) is 0.784. The molecule has 0 spiro atoms. The molecule has 0 aliphatic carbocycles. The molecule has 2 amide bonds. The van der Waals surface area contributed by atoms with Gasteiger partial charge in [-0.3, -0.25) is 9.59 Å². The molecule has 3 rings (SSSR count). The Bertz CT molecular complexity index is 730. The molecule has 0 saturated carbocycles. The molecule has 5 nitrogen and oxygen atoms in total. The summed E-state index contributed by atoms with van der Waals surface area (Å²) in [7, 11) is 1.66. The molecule has 1 aromatic heterocycles. The van der Waals surface area contributed by atoms with E-state index in [2.05, 4.69) is 5.32 Å². The van der Waals surface area contributed by atoms with Gasteiger partial charge in [0.15, 0.2) is 0 Å². The maximum atomic E-state index is 12.6. The molecule has 1 saturated heterocycles. The van der Waals surface area contributed by atoms with Crippen LogP contribution >= 0.6 is 11.3 Å². The number of hydrogen-bond acceptors (Lipinski definition) is 4. The zero-order valence-corrected chi connectivity index (χ0v) is 15.1. The summed E-state index contributed by atoms with van der Waals surface area (Å²) in [6.07, 6.45) is 2.74. The third kappa shape index (κ3) is 4.20. The number of methoxy groups -OCH3 is 1. The van der Waals surface area contributed by atoms with Crippen molar-refractivity contribution in [3.8, 4) is 5.75 Å². The molecule has 1 unspecified atom stereocenters. The Balaban J connectivity index is 1.59. The van der Waals surface area contributed by atoms with E-state index in [0.717, 1.165) is 37.1 Å². The number of nitrogens with zero attached hydrogens (tertiary/aromatic N) is 1. The molecule has 0 radical (unpaired) electrons. The van der Waals surface area contributed by atoms with Crippen molar-refractivity contribution in [2.75, 3.05) is 20.2 Å². The highest BCUT2D eigenvalue weighted by Gasteiger charge is 2.29. The predicted molar refractivity (Wildman–Crippen MR) is 98.1 cm³/mol. The summed E-state index contributed by atoms with van der Waals surface area (Å²) < 4.78 is 5.41. The van der Waals surface area contributed by atoms with E-state index in [4.69, 9.17) is 4.74 Å². The Labute approximate surface area is 151 Å². The number of carbonyl (C=O) groups excluding carboxylic acids is 2. The first-order chi connectivity index (χ1) is 12.2. The first kappa shape index (κ1) is 17.5. The molecule has 2 aromatic rings. The first-order valence-electron chi connectivity index (χ1n) is 8.42. The molecule has 1 fully saturated rings. The minimum Gasteiger partial charge on any atom is -0.496 e. The molecule has 1 N–H and O–H groups in total. The number of amides is 2. The van der Waals surface area contributed by atoms with E-state index in [1.165, 1.54) is 11.3 Å². The molecule has 1 aromatic carbocycles. The number of para-hydroxylation sites is 1. The van der Waals surface area contributed by atoms with Gasteiger partial charge in [-0.1, -0.05) is 24.3 Å². The monoisotopic (exact) mass is 358 g/mol. The number of hydrogen-bond donors (Lipinski definition) is 1. The molecule has 132 valence electrons. The standard InChI is InChI=1S/C19H22N2O3S/c1-24-16-8-3-2-6-14(16)12-15-7-4-10-21(15)18(22)13-20-19(23)17-9-5-11-25-17/h2-3,5-6,8-9,11,15H,4,7,10,12-13H2,1H3,(H,20,23). The Morgan fingerprint density at radius 3 is 2.88 bits per heavy atom. The molecule has 0 bridgehead atoms. The third-order valence-electron chi connectivity index (χ3n) is 4.49. The van der Waals surface area contributed by atoms with Crippen molar-refractivity contribution in [3.05, 3.63) is 52.2 Å². The van der Waals surface area contributed by atoms with Crippen LogP contribution in [-0.2, 0) is 11.2 Å². The van der Waals surface area contributed by atoms with E-state index in [0.29, 0.717) is 4.88 Å². The molecule has 2 heterocycles. The van der Waals surface area contributed by atoms with Crippen molar-refractivity contribution in [1.29, 1.82) is 0 Å². The fourth-order valence-corrected chi connectivity index (χ4v) is 3.89. The topological polar surface area (TPSA) is 58.6 Å². The molecule has 6 heteroatoms. The smallest absolute Gasteiger partial charge is 0.261 e. The Kier molecular flexibility index (Phi) is 5.71. The van der Waals surface area contributed by atoms with Crippen LogP contribution in [-0.4, -0.2) is 43.0 Å². The van der Waals surface area contributed by atoms with Crippen molar-refractivity contribution < 1.29 is 14.3 Å². The summed E-state index contributed by atoms with van der Waals surface area (Å²) >= 11 is 1.37. The maximum Gasteiger partial charge on any atom is 0.261 e. The van der Waals surface area contributed by atoms with E-state index in [1.807, 2.05) is 40.6 Å². The van der Waals surface area contributed by atoms with Crippen LogP contribution in [0.3, 0.4) is 0 Å². The second-order valence-corrected chi connectivity index (χ2v) is 7.01. The van der Waals surface area contributed by atoms with Crippen LogP contribution < -0.4 is 10.1 Å². The van der Waals surface area contributed by atoms with Crippen LogP contribution in [0.4, 0.5) is 0 Å². The second-order valence-electron chi connectivity index (χ2n) is 6.06. The lowest BCUT2D eigenvalue weighted by Crippen LogP contribution is -2.43. The van der Waals surface area contributed by atoms with Crippen LogP contribution in [0.2, 0.25) is 0 Å². The predicted octanol–water partition coefficient (Wildman–Crippen LogP) is 2.72. The van der Waals surface area contributed by atoms with Gasteiger partial charge < -0.3 is 15.0 Å². The zero-order chi connectivity index (χ0) is 17.6. The van der Waals surface area contributed by atoms with E-state index in [1.54, 1.807) is 13.2 Å². The minimum atomic E-state index is -0.191. The third-order valence-corrected chi connectivity index (χ3v) is 5.36. The van der Waals surface area contributed by atoms with Crippen LogP contribution in [0.15, 0.2) is 41.8 Å². The highest BCUT2D eigenvalue weighted by atomic mass is 32.1. The van der Waals surface area contributed by atoms with Gasteiger partial charge in [-0.15, -0.1) is 11.3 Å². The molecule has 1 aliphatic rings. The molecule has 1 aliphatic heterocycles. The van der Waals surface area contributed by atoms with Crippen LogP contribution in [0.1, 0.15) is 28.1 Å². The number of rotatable bonds is 6. The Hall–Kier alpha value is -2.34. The minimum absolute atomic E-state index is 0.0256. The summed E-state index contributed by atoms with van der Waals surface area (Å²) in [5.41, 5.74) is 1.11. The van der Waals surface area contributed by atoms with E-state index in [-0.39, 0.29) is 24.4 Å². The van der Waals surface area contributed by atoms with Crippen LogP contribution in [0.25, 0.3) is 0 Å². The summed E-state index contributed by atoms with van der Waals surface area (Å²) in [5, 5.41) is 4.57. The SMILES string of the molecule is COc1ccccc1CC1CCCN1C(=O)CNC(=O)c1cccs1. The average molecular weight is 358 g/mol. The van der Waals surface area contributed by atoms with E-state index >= 15 is 0 Å². The van der Waals surface area contributed by atoms with Gasteiger partial charge in [0.2, 0.25) is 5.91 Å². The van der Waals surface area contributed by atoms with Gasteiger partial charge in [0.25, 0.3) is 5.91 Å². The van der Waals surface area contributed by atoms with Crippen LogP contribution in [0.5, 0.6) is 5.75 Å². The summed E-state index contributed by atoms with van der Waals surface area (Å²) in [4.78, 5) is 27.1. The lowest BCUT2D eigenvalue weighted by molar-refractivity contribution is -0.130. The number of benzene rings is 1. The highest BCUT2D eigenvalue weighted by Crippen LogP contribution is 2.26. The number of likely N-dealkylation sites (tertiary alicyclic amines) is 1. The van der Waals surface area contributed by atoms with Crippen LogP contribution in [0, 0.1) is 0 Å². The van der Waals surface area contributed by atoms with Crippen molar-refractivity contribution >= 4 is 23.2 Å². The normalized spacial score (nSPS) is 16.7. The average Bonchev–Trinajstić information content (AvgIpc) is 3.31. The second kappa shape index (κ2) is 8.16. The zero-order valence-electron chi connectivity index (χ0n) is 14.2. The van der Waals surface area contributed by atoms with Crippen molar-refractivity contribution in [1.82, 2.24) is 10.2 Å². The summed E-state index contributed by atoms with van der Waals surface area (Å²) in [6, 6.07) is 11.6. The number of carbonyl (C=O) groups is 2. The largest absolute Gasteiger partial charge is 0.496 e. The maximum absolute atomic E-state index is 12.6. The molecule has 1 atom stereocenters. The van der Waals surface area contributed by atoms with E-state index in [9.17, 15) is 9.59 Å². The van der Waals surface area contributed by atoms with Gasteiger partial charge in [-0.2, -0.15) is 0 Å². The van der Waals surface area contributed by atoms with Gasteiger partial charge in [-0.05, 0) is 42.3 Å². The number of nitrogens with one attached hydrogen (secondary N) is 1. The quantitative estimate of drug-likeness (QED) is 0.864. The van der Waals surface area contributed by atoms with Gasteiger partial charge in [0, 0.05) is 12.6 Å². The lowest BCUT2D eigenvalue weighted by Gasteiger charge is -2.25. The van der Waals surface area contributed by atoms with E-state index < -0.39 is 0 Å². The molecular formula is C19H22N2O3S. The lowest BCUT2D eigenvalue weighted by atomic mass is 10.0.